The third-order valence-corrected chi connectivity index (χ3v) is 4.73. The van der Waals surface area contributed by atoms with E-state index in [0.717, 1.165) is 28.2 Å². The average Bonchev–Trinajstić information content (AvgIpc) is 2.91. The minimum Gasteiger partial charge on any atom is -0.481 e. The van der Waals surface area contributed by atoms with Crippen molar-refractivity contribution in [3.8, 4) is 0 Å². The van der Waals surface area contributed by atoms with Crippen LogP contribution in [0.25, 0.3) is 10.3 Å². The van der Waals surface area contributed by atoms with Crippen molar-refractivity contribution in [1.29, 1.82) is 0 Å². The van der Waals surface area contributed by atoms with Gasteiger partial charge in [0, 0.05) is 12.1 Å². The number of carboxylic acids is 1. The summed E-state index contributed by atoms with van der Waals surface area (Å²) in [5, 5.41) is 10.2. The van der Waals surface area contributed by atoms with Gasteiger partial charge in [0.05, 0.1) is 10.9 Å². The Balaban J connectivity index is 2.00. The van der Waals surface area contributed by atoms with Crippen molar-refractivity contribution in [2.45, 2.75) is 25.7 Å². The Morgan fingerprint density at radius 1 is 1.50 bits per heavy atom. The lowest BCUT2D eigenvalue weighted by Crippen LogP contribution is -2.16. The molecule has 3 atom stereocenters. The van der Waals surface area contributed by atoms with E-state index in [1.54, 1.807) is 6.20 Å². The Kier molecular flexibility index (Phi) is 2.78. The average molecular weight is 262 g/mol. The van der Waals surface area contributed by atoms with Crippen LogP contribution < -0.4 is 0 Å². The van der Waals surface area contributed by atoms with Gasteiger partial charge in [0.1, 0.15) is 10.3 Å². The molecule has 2 heterocycles. The second kappa shape index (κ2) is 4.31. The first-order valence-corrected chi connectivity index (χ1v) is 6.91. The van der Waals surface area contributed by atoms with Crippen LogP contribution in [0.1, 0.15) is 30.7 Å². The molecule has 0 aliphatic heterocycles. The van der Waals surface area contributed by atoms with Crippen LogP contribution in [-0.2, 0) is 4.79 Å². The van der Waals surface area contributed by atoms with E-state index >= 15 is 0 Å². The van der Waals surface area contributed by atoms with E-state index in [2.05, 4.69) is 16.9 Å². The van der Waals surface area contributed by atoms with Gasteiger partial charge in [-0.1, -0.05) is 18.3 Å². The molecule has 1 aliphatic rings. The van der Waals surface area contributed by atoms with E-state index in [-0.39, 0.29) is 11.8 Å². The molecule has 0 saturated heterocycles. The smallest absolute Gasteiger partial charge is 0.307 e. The zero-order valence-corrected chi connectivity index (χ0v) is 10.9. The van der Waals surface area contributed by atoms with Crippen LogP contribution >= 0.6 is 11.3 Å². The van der Waals surface area contributed by atoms with Crippen LogP contribution in [-0.4, -0.2) is 21.0 Å². The first-order valence-electron chi connectivity index (χ1n) is 6.09. The number of aromatic nitrogens is 2. The fourth-order valence-electron chi connectivity index (χ4n) is 2.78. The van der Waals surface area contributed by atoms with Crippen LogP contribution in [0.15, 0.2) is 18.3 Å². The van der Waals surface area contributed by atoms with Gasteiger partial charge < -0.3 is 5.11 Å². The van der Waals surface area contributed by atoms with Crippen LogP contribution in [0, 0.1) is 11.8 Å². The van der Waals surface area contributed by atoms with E-state index in [4.69, 9.17) is 0 Å². The fourth-order valence-corrected chi connectivity index (χ4v) is 3.87. The topological polar surface area (TPSA) is 63.1 Å². The summed E-state index contributed by atoms with van der Waals surface area (Å²) < 4.78 is 0. The number of carbonyl (C=O) groups is 1. The lowest BCUT2D eigenvalue weighted by atomic mass is 9.97. The number of carboxylic acid groups (broad SMARTS) is 1. The molecule has 1 fully saturated rings. The van der Waals surface area contributed by atoms with E-state index < -0.39 is 5.97 Å². The molecule has 0 amide bonds. The fraction of sp³-hybridized carbons (Fsp3) is 0.462. The van der Waals surface area contributed by atoms with E-state index in [0.29, 0.717) is 5.92 Å². The molecule has 4 nitrogen and oxygen atoms in total. The largest absolute Gasteiger partial charge is 0.481 e. The summed E-state index contributed by atoms with van der Waals surface area (Å²) in [5.41, 5.74) is 0.876. The minimum atomic E-state index is -0.698. The van der Waals surface area contributed by atoms with Crippen molar-refractivity contribution in [1.82, 2.24) is 9.97 Å². The van der Waals surface area contributed by atoms with Crippen molar-refractivity contribution >= 4 is 27.7 Å². The maximum atomic E-state index is 11.3. The molecule has 3 rings (SSSR count). The van der Waals surface area contributed by atoms with Gasteiger partial charge in [0.2, 0.25) is 0 Å². The number of pyridine rings is 1. The molecule has 94 valence electrons. The van der Waals surface area contributed by atoms with Gasteiger partial charge in [0.25, 0.3) is 0 Å². The van der Waals surface area contributed by atoms with Gasteiger partial charge in [-0.05, 0) is 30.9 Å². The number of thiazole rings is 1. The summed E-state index contributed by atoms with van der Waals surface area (Å²) in [5.74, 6) is -0.482. The highest BCUT2D eigenvalue weighted by Crippen LogP contribution is 2.44. The van der Waals surface area contributed by atoms with Crippen LogP contribution in [0.4, 0.5) is 0 Å². The Morgan fingerprint density at radius 2 is 2.33 bits per heavy atom. The molecule has 1 saturated carbocycles. The quantitative estimate of drug-likeness (QED) is 0.903. The molecule has 0 spiro atoms. The molecule has 0 bridgehead atoms. The van der Waals surface area contributed by atoms with E-state index in [9.17, 15) is 9.90 Å². The maximum Gasteiger partial charge on any atom is 0.307 e. The third kappa shape index (κ3) is 1.88. The molecule has 1 N–H and O–H groups in total. The Hall–Kier alpha value is -1.49. The van der Waals surface area contributed by atoms with Crippen LogP contribution in [0.3, 0.4) is 0 Å². The molecule has 5 heteroatoms. The van der Waals surface area contributed by atoms with Crippen LogP contribution in [0.5, 0.6) is 0 Å². The number of hydrogen-bond acceptors (Lipinski definition) is 4. The molecule has 0 aromatic carbocycles. The van der Waals surface area contributed by atoms with Crippen molar-refractivity contribution in [2.75, 3.05) is 0 Å². The number of fused-ring (bicyclic) bond motifs is 1. The highest BCUT2D eigenvalue weighted by Gasteiger charge is 2.39. The summed E-state index contributed by atoms with van der Waals surface area (Å²) in [7, 11) is 0. The highest BCUT2D eigenvalue weighted by molar-refractivity contribution is 7.18. The second-order valence-electron chi connectivity index (χ2n) is 5.01. The predicted octanol–water partition coefficient (Wildman–Crippen LogP) is 2.91. The first-order chi connectivity index (χ1) is 8.65. The third-order valence-electron chi connectivity index (χ3n) is 3.62. The zero-order valence-electron chi connectivity index (χ0n) is 10.0. The normalized spacial score (nSPS) is 27.7. The predicted molar refractivity (Wildman–Crippen MR) is 69.7 cm³/mol. The molecule has 18 heavy (non-hydrogen) atoms. The molecule has 1 aliphatic carbocycles. The standard InChI is InChI=1S/C13H14N2O2S/c1-7-5-8(9(6-7)13(16)17)11-15-10-3-2-4-14-12(10)18-11/h2-4,7-9H,5-6H2,1H3,(H,16,17). The van der Waals surface area contributed by atoms with Crippen molar-refractivity contribution in [3.05, 3.63) is 23.3 Å². The summed E-state index contributed by atoms with van der Waals surface area (Å²) in [6.45, 7) is 2.11. The maximum absolute atomic E-state index is 11.3. The summed E-state index contributed by atoms with van der Waals surface area (Å²) >= 11 is 1.53. The van der Waals surface area contributed by atoms with Gasteiger partial charge in [-0.3, -0.25) is 4.79 Å². The van der Waals surface area contributed by atoms with Gasteiger partial charge in [-0.2, -0.15) is 0 Å². The lowest BCUT2D eigenvalue weighted by molar-refractivity contribution is -0.142. The molecule has 0 radical (unpaired) electrons. The highest BCUT2D eigenvalue weighted by atomic mass is 32.1. The van der Waals surface area contributed by atoms with Crippen LogP contribution in [0.2, 0.25) is 0 Å². The van der Waals surface area contributed by atoms with Crippen molar-refractivity contribution < 1.29 is 9.90 Å². The Labute approximate surface area is 109 Å². The number of nitrogens with zero attached hydrogens (tertiary/aromatic N) is 2. The summed E-state index contributed by atoms with van der Waals surface area (Å²) in [4.78, 5) is 21.0. The molecule has 3 unspecified atom stereocenters. The SMILES string of the molecule is CC1CC(C(=O)O)C(c2nc3cccnc3s2)C1. The van der Waals surface area contributed by atoms with E-state index in [1.165, 1.54) is 11.3 Å². The second-order valence-corrected chi connectivity index (χ2v) is 6.02. The van der Waals surface area contributed by atoms with Gasteiger partial charge in [-0.15, -0.1) is 0 Å². The number of aliphatic carboxylic acids is 1. The first kappa shape index (κ1) is 11.6. The molecular formula is C13H14N2O2S. The van der Waals surface area contributed by atoms with Crippen molar-refractivity contribution in [3.63, 3.8) is 0 Å². The molecular weight excluding hydrogens is 248 g/mol. The Morgan fingerprint density at radius 3 is 3.06 bits per heavy atom. The monoisotopic (exact) mass is 262 g/mol. The molecule has 2 aromatic rings. The zero-order chi connectivity index (χ0) is 12.7. The summed E-state index contributed by atoms with van der Waals surface area (Å²) in [6.07, 6.45) is 3.41. The van der Waals surface area contributed by atoms with E-state index in [1.807, 2.05) is 12.1 Å². The molecule has 2 aromatic heterocycles. The minimum absolute atomic E-state index is 0.0525. The number of rotatable bonds is 2. The van der Waals surface area contributed by atoms with Gasteiger partial charge >= 0.3 is 5.97 Å². The number of hydrogen-bond donors (Lipinski definition) is 1. The Bertz CT molecular complexity index is 562. The van der Waals surface area contributed by atoms with Gasteiger partial charge in [-0.25, -0.2) is 9.97 Å². The van der Waals surface area contributed by atoms with Gasteiger partial charge in [0.15, 0.2) is 0 Å². The van der Waals surface area contributed by atoms with Crippen molar-refractivity contribution in [2.24, 2.45) is 11.8 Å². The lowest BCUT2D eigenvalue weighted by Gasteiger charge is -2.11. The summed E-state index contributed by atoms with van der Waals surface area (Å²) in [6, 6.07) is 3.79.